The highest BCUT2D eigenvalue weighted by Gasteiger charge is 2.29. The van der Waals surface area contributed by atoms with E-state index in [1.807, 2.05) is 36.4 Å². The number of nitrogens with one attached hydrogen (secondary N) is 3. The third-order valence-corrected chi connectivity index (χ3v) is 6.55. The number of hydrogen-bond donors (Lipinski definition) is 3. The number of aromatic nitrogens is 3. The molecule has 2 aliphatic carbocycles. The molecule has 2 aliphatic heterocycles. The van der Waals surface area contributed by atoms with Gasteiger partial charge in [0, 0.05) is 28.7 Å². The number of dihydropyridines is 1. The lowest BCUT2D eigenvalue weighted by molar-refractivity contribution is 0.0941. The highest BCUT2D eigenvalue weighted by atomic mass is 16.1. The van der Waals surface area contributed by atoms with Crippen molar-refractivity contribution in [2.75, 3.05) is 11.6 Å². The predicted octanol–water partition coefficient (Wildman–Crippen LogP) is 3.02. The van der Waals surface area contributed by atoms with E-state index < -0.39 is 0 Å². The van der Waals surface area contributed by atoms with Gasteiger partial charge < -0.3 is 25.4 Å². The van der Waals surface area contributed by atoms with Gasteiger partial charge in [-0.15, -0.1) is 10.2 Å². The molecule has 1 aromatic carbocycles. The average molecular weight is 430 g/mol. The van der Waals surface area contributed by atoms with Gasteiger partial charge in [-0.05, 0) is 68.9 Å². The molecule has 0 radical (unpaired) electrons. The van der Waals surface area contributed by atoms with Crippen LogP contribution in [0.2, 0.25) is 0 Å². The van der Waals surface area contributed by atoms with Crippen molar-refractivity contribution in [2.24, 2.45) is 0 Å². The summed E-state index contributed by atoms with van der Waals surface area (Å²) in [7, 11) is 0. The summed E-state index contributed by atoms with van der Waals surface area (Å²) in [6.07, 6.45) is 14.3. The molecule has 1 saturated carbocycles. The molecule has 1 fully saturated rings. The Hall–Kier alpha value is -3.55. The Morgan fingerprint density at radius 1 is 1.19 bits per heavy atom. The molecule has 6 rings (SSSR count). The molecule has 8 nitrogen and oxygen atoms in total. The summed E-state index contributed by atoms with van der Waals surface area (Å²) in [5.74, 6) is 0.708. The molecule has 8 heteroatoms. The molecule has 3 heterocycles. The number of rotatable bonds is 5. The molecule has 2 aromatic rings. The number of allylic oxidation sites excluding steroid dienone is 4. The van der Waals surface area contributed by atoms with E-state index in [-0.39, 0.29) is 12.1 Å². The van der Waals surface area contributed by atoms with Gasteiger partial charge in [-0.3, -0.25) is 4.79 Å². The second kappa shape index (κ2) is 7.85. The molecule has 0 saturated heterocycles. The van der Waals surface area contributed by atoms with Crippen molar-refractivity contribution in [3.05, 3.63) is 71.6 Å². The van der Waals surface area contributed by atoms with Crippen LogP contribution in [0.15, 0.2) is 60.2 Å². The van der Waals surface area contributed by atoms with Crippen LogP contribution in [-0.4, -0.2) is 33.5 Å². The van der Waals surface area contributed by atoms with E-state index in [4.69, 9.17) is 0 Å². The highest BCUT2D eigenvalue weighted by molar-refractivity contribution is 5.95. The lowest BCUT2D eigenvalue weighted by atomic mass is 10.0. The fourth-order valence-corrected chi connectivity index (χ4v) is 4.74. The summed E-state index contributed by atoms with van der Waals surface area (Å²) in [5, 5.41) is 18.3. The monoisotopic (exact) mass is 429 g/mol. The van der Waals surface area contributed by atoms with Gasteiger partial charge in [-0.25, -0.2) is 0 Å². The number of nitrogens with zero attached hydrogens (tertiary/aromatic N) is 4. The SMILES string of the molecule is O=C(NC1C=CC=C(c2nncn2C2CC2)N1)c1cccc(N2CNC3=C2CCCC3)c1. The minimum atomic E-state index is -0.309. The molecule has 32 heavy (non-hydrogen) atoms. The molecular formula is C24H27N7O. The molecule has 1 aromatic heterocycles. The first-order valence-corrected chi connectivity index (χ1v) is 11.5. The largest absolute Gasteiger partial charge is 0.369 e. The summed E-state index contributed by atoms with van der Waals surface area (Å²) in [6.45, 7) is 0.776. The zero-order chi connectivity index (χ0) is 21.5. The maximum absolute atomic E-state index is 13.1. The molecule has 4 aliphatic rings. The third-order valence-electron chi connectivity index (χ3n) is 6.55. The first kappa shape index (κ1) is 19.2. The van der Waals surface area contributed by atoms with Crippen LogP contribution in [0.3, 0.4) is 0 Å². The van der Waals surface area contributed by atoms with E-state index in [0.29, 0.717) is 11.6 Å². The number of benzene rings is 1. The quantitative estimate of drug-likeness (QED) is 0.677. The van der Waals surface area contributed by atoms with Gasteiger partial charge in [0.05, 0.1) is 12.4 Å². The smallest absolute Gasteiger partial charge is 0.253 e. The number of carbonyl (C=O) groups excluding carboxylic acids is 1. The van der Waals surface area contributed by atoms with Crippen molar-refractivity contribution in [3.63, 3.8) is 0 Å². The van der Waals surface area contributed by atoms with E-state index >= 15 is 0 Å². The summed E-state index contributed by atoms with van der Waals surface area (Å²) >= 11 is 0. The lowest BCUT2D eigenvalue weighted by Crippen LogP contribution is -2.44. The first-order valence-electron chi connectivity index (χ1n) is 11.5. The van der Waals surface area contributed by atoms with E-state index in [1.165, 1.54) is 24.2 Å². The van der Waals surface area contributed by atoms with Gasteiger partial charge in [-0.2, -0.15) is 0 Å². The molecule has 164 valence electrons. The van der Waals surface area contributed by atoms with Crippen LogP contribution < -0.4 is 20.9 Å². The van der Waals surface area contributed by atoms with Crippen molar-refractivity contribution in [1.29, 1.82) is 0 Å². The van der Waals surface area contributed by atoms with Crippen molar-refractivity contribution in [3.8, 4) is 0 Å². The van der Waals surface area contributed by atoms with Gasteiger partial charge in [0.2, 0.25) is 0 Å². The molecule has 1 unspecified atom stereocenters. The fraction of sp³-hybridized carbons (Fsp3) is 0.375. The van der Waals surface area contributed by atoms with Crippen molar-refractivity contribution in [1.82, 2.24) is 30.7 Å². The average Bonchev–Trinajstić information content (AvgIpc) is 3.39. The number of hydrogen-bond acceptors (Lipinski definition) is 6. The van der Waals surface area contributed by atoms with Crippen LogP contribution in [0.25, 0.3) is 5.70 Å². The van der Waals surface area contributed by atoms with Crippen molar-refractivity contribution in [2.45, 2.75) is 50.7 Å². The van der Waals surface area contributed by atoms with Gasteiger partial charge in [0.25, 0.3) is 5.91 Å². The second-order valence-electron chi connectivity index (χ2n) is 8.80. The van der Waals surface area contributed by atoms with Crippen LogP contribution in [-0.2, 0) is 0 Å². The molecule has 1 amide bonds. The first-order chi connectivity index (χ1) is 15.8. The van der Waals surface area contributed by atoms with Crippen LogP contribution in [0.5, 0.6) is 0 Å². The minimum Gasteiger partial charge on any atom is -0.369 e. The summed E-state index contributed by atoms with van der Waals surface area (Å²) in [4.78, 5) is 15.4. The summed E-state index contributed by atoms with van der Waals surface area (Å²) in [6, 6.07) is 8.37. The Balaban J connectivity index is 1.15. The Kier molecular flexibility index (Phi) is 4.70. The van der Waals surface area contributed by atoms with Gasteiger partial charge in [0.1, 0.15) is 12.5 Å². The third kappa shape index (κ3) is 3.55. The molecule has 0 bridgehead atoms. The second-order valence-corrected chi connectivity index (χ2v) is 8.80. The molecule has 1 atom stereocenters. The number of anilines is 1. The van der Waals surface area contributed by atoms with Crippen LogP contribution in [0.1, 0.15) is 60.7 Å². The van der Waals surface area contributed by atoms with E-state index in [9.17, 15) is 4.79 Å². The Bertz CT molecular complexity index is 1140. The Morgan fingerprint density at radius 3 is 3.00 bits per heavy atom. The summed E-state index contributed by atoms with van der Waals surface area (Å²) < 4.78 is 2.11. The topological polar surface area (TPSA) is 87.1 Å². The zero-order valence-electron chi connectivity index (χ0n) is 17.9. The van der Waals surface area contributed by atoms with Crippen molar-refractivity contribution >= 4 is 17.3 Å². The Labute approximate surface area is 187 Å². The molecule has 3 N–H and O–H groups in total. The van der Waals surface area contributed by atoms with Crippen molar-refractivity contribution < 1.29 is 4.79 Å². The number of amides is 1. The van der Waals surface area contributed by atoms with E-state index in [1.54, 1.807) is 6.33 Å². The zero-order valence-corrected chi connectivity index (χ0v) is 17.9. The van der Waals surface area contributed by atoms with Gasteiger partial charge in [-0.1, -0.05) is 12.1 Å². The highest BCUT2D eigenvalue weighted by Crippen LogP contribution is 2.36. The Morgan fingerprint density at radius 2 is 2.09 bits per heavy atom. The summed E-state index contributed by atoms with van der Waals surface area (Å²) in [5.41, 5.74) is 5.32. The fourth-order valence-electron chi connectivity index (χ4n) is 4.74. The van der Waals surface area contributed by atoms with Crippen LogP contribution in [0, 0.1) is 0 Å². The minimum absolute atomic E-state index is 0.107. The van der Waals surface area contributed by atoms with E-state index in [0.717, 1.165) is 49.6 Å². The lowest BCUT2D eigenvalue weighted by Gasteiger charge is -2.25. The van der Waals surface area contributed by atoms with Crippen LogP contribution in [0.4, 0.5) is 5.69 Å². The van der Waals surface area contributed by atoms with Crippen LogP contribution >= 0.6 is 0 Å². The maximum atomic E-state index is 13.1. The standard InChI is InChI=1S/C24H27N7O/c32-24(16-5-3-6-18(13-16)30-14-25-19-7-1-2-9-21(19)30)28-22-10-4-8-20(27-22)23-29-26-15-31(23)17-11-12-17/h3-6,8,10,13,15,17,22,25,27H,1-2,7,9,11-12,14H2,(H,28,32). The predicted molar refractivity (Wildman–Crippen MR) is 122 cm³/mol. The molecular weight excluding hydrogens is 402 g/mol. The maximum Gasteiger partial charge on any atom is 0.253 e. The van der Waals surface area contributed by atoms with Gasteiger partial charge >= 0.3 is 0 Å². The number of carbonyl (C=O) groups is 1. The molecule has 0 spiro atoms. The normalized spacial score (nSPS) is 22.2. The van der Waals surface area contributed by atoms with E-state index in [2.05, 4.69) is 41.7 Å². The van der Waals surface area contributed by atoms with Gasteiger partial charge in [0.15, 0.2) is 5.82 Å².